The summed E-state index contributed by atoms with van der Waals surface area (Å²) in [5, 5.41) is 10.9. The molecule has 2 rings (SSSR count). The lowest BCUT2D eigenvalue weighted by atomic mass is 9.73. The van der Waals surface area contributed by atoms with E-state index in [2.05, 4.69) is 6.58 Å². The van der Waals surface area contributed by atoms with Gasteiger partial charge in [-0.1, -0.05) is 20.4 Å². The van der Waals surface area contributed by atoms with Crippen LogP contribution in [0.2, 0.25) is 0 Å². The van der Waals surface area contributed by atoms with Gasteiger partial charge in [0.25, 0.3) is 5.69 Å². The van der Waals surface area contributed by atoms with Crippen molar-refractivity contribution in [2.24, 2.45) is 11.3 Å². The summed E-state index contributed by atoms with van der Waals surface area (Å²) in [5.74, 6) is -1.46. The van der Waals surface area contributed by atoms with Crippen molar-refractivity contribution >= 4 is 17.6 Å². The Morgan fingerprint density at radius 3 is 2.15 bits per heavy atom. The SMILES string of the molecule is C=C1C(CC(C)C)OC(c2ccc([N+](=O)[O-])cc2)C1(C(=O)OC)C(=O)OC. The van der Waals surface area contributed by atoms with Gasteiger partial charge >= 0.3 is 11.9 Å². The third kappa shape index (κ3) is 3.44. The van der Waals surface area contributed by atoms with Crippen LogP contribution in [0.5, 0.6) is 0 Å². The van der Waals surface area contributed by atoms with Crippen molar-refractivity contribution in [1.29, 1.82) is 0 Å². The van der Waals surface area contributed by atoms with Crippen molar-refractivity contribution in [3.8, 4) is 0 Å². The second-order valence-corrected chi connectivity index (χ2v) is 6.80. The number of carbonyl (C=O) groups excluding carboxylic acids is 2. The molecule has 1 aliphatic heterocycles. The number of nitrogens with zero attached hydrogens (tertiary/aromatic N) is 1. The van der Waals surface area contributed by atoms with Gasteiger partial charge in [-0.3, -0.25) is 19.7 Å². The molecule has 0 amide bonds. The molecule has 1 aromatic rings. The highest BCUT2D eigenvalue weighted by Gasteiger charge is 2.64. The van der Waals surface area contributed by atoms with E-state index in [0.29, 0.717) is 12.0 Å². The van der Waals surface area contributed by atoms with Crippen LogP contribution in [0.3, 0.4) is 0 Å². The fourth-order valence-electron chi connectivity index (χ4n) is 3.38. The van der Waals surface area contributed by atoms with Crippen LogP contribution in [0.25, 0.3) is 0 Å². The fraction of sp³-hybridized carbons (Fsp3) is 0.474. The second-order valence-electron chi connectivity index (χ2n) is 6.80. The van der Waals surface area contributed by atoms with Gasteiger partial charge in [-0.05, 0) is 35.6 Å². The molecule has 1 aromatic carbocycles. The van der Waals surface area contributed by atoms with Gasteiger partial charge in [0.15, 0.2) is 0 Å². The van der Waals surface area contributed by atoms with Crippen LogP contribution in [-0.4, -0.2) is 37.2 Å². The number of nitro benzene ring substituents is 1. The van der Waals surface area contributed by atoms with Crippen LogP contribution >= 0.6 is 0 Å². The van der Waals surface area contributed by atoms with Crippen LogP contribution in [-0.2, 0) is 23.8 Å². The third-order valence-electron chi connectivity index (χ3n) is 4.70. The molecule has 27 heavy (non-hydrogen) atoms. The van der Waals surface area contributed by atoms with Gasteiger partial charge in [0.2, 0.25) is 5.41 Å². The van der Waals surface area contributed by atoms with Crippen molar-refractivity contribution in [2.45, 2.75) is 32.5 Å². The lowest BCUT2D eigenvalue weighted by Crippen LogP contribution is -2.45. The number of non-ortho nitro benzene ring substituents is 1. The Labute approximate surface area is 157 Å². The van der Waals surface area contributed by atoms with Gasteiger partial charge in [-0.25, -0.2) is 0 Å². The normalized spacial score (nSPS) is 21.1. The molecular formula is C19H23NO7. The van der Waals surface area contributed by atoms with Gasteiger partial charge in [-0.2, -0.15) is 0 Å². The number of hydrogen-bond acceptors (Lipinski definition) is 7. The number of benzene rings is 1. The summed E-state index contributed by atoms with van der Waals surface area (Å²) in [5.41, 5.74) is -1.31. The molecule has 0 saturated carbocycles. The molecule has 1 saturated heterocycles. The molecule has 2 unspecified atom stereocenters. The Morgan fingerprint density at radius 1 is 1.22 bits per heavy atom. The topological polar surface area (TPSA) is 105 Å². The minimum atomic E-state index is -1.88. The van der Waals surface area contributed by atoms with E-state index < -0.39 is 34.5 Å². The second kappa shape index (κ2) is 7.87. The van der Waals surface area contributed by atoms with E-state index in [1.54, 1.807) is 0 Å². The molecule has 1 aliphatic rings. The van der Waals surface area contributed by atoms with E-state index in [1.165, 1.54) is 38.5 Å². The molecule has 0 aromatic heterocycles. The molecule has 146 valence electrons. The standard InChI is InChI=1S/C19H23NO7/c1-11(2)10-15-12(3)19(17(21)25-4,18(22)26-5)16(27-15)13-6-8-14(9-7-13)20(23)24/h6-9,11,15-16H,3,10H2,1-2,4-5H3. The van der Waals surface area contributed by atoms with E-state index in [1.807, 2.05) is 13.8 Å². The van der Waals surface area contributed by atoms with Gasteiger partial charge in [0, 0.05) is 12.1 Å². The van der Waals surface area contributed by atoms with Crippen LogP contribution in [0.1, 0.15) is 31.9 Å². The smallest absolute Gasteiger partial charge is 0.330 e. The zero-order valence-electron chi connectivity index (χ0n) is 15.8. The first-order valence-corrected chi connectivity index (χ1v) is 8.46. The van der Waals surface area contributed by atoms with Crippen molar-refractivity contribution < 1.29 is 28.7 Å². The van der Waals surface area contributed by atoms with Gasteiger partial charge in [-0.15, -0.1) is 0 Å². The minimum Gasteiger partial charge on any atom is -0.468 e. The lowest BCUT2D eigenvalue weighted by molar-refractivity contribution is -0.384. The number of ether oxygens (including phenoxy) is 3. The molecule has 0 radical (unpaired) electrons. The zero-order valence-corrected chi connectivity index (χ0v) is 15.8. The van der Waals surface area contributed by atoms with E-state index in [0.717, 1.165) is 0 Å². The van der Waals surface area contributed by atoms with Crippen molar-refractivity contribution in [3.63, 3.8) is 0 Å². The molecule has 0 aliphatic carbocycles. The molecule has 1 fully saturated rings. The summed E-state index contributed by atoms with van der Waals surface area (Å²) in [4.78, 5) is 35.9. The van der Waals surface area contributed by atoms with E-state index in [-0.39, 0.29) is 17.2 Å². The van der Waals surface area contributed by atoms with Crippen molar-refractivity contribution in [3.05, 3.63) is 52.1 Å². The van der Waals surface area contributed by atoms with E-state index >= 15 is 0 Å². The Balaban J connectivity index is 2.61. The first-order chi connectivity index (χ1) is 12.7. The number of hydrogen-bond donors (Lipinski definition) is 0. The zero-order chi connectivity index (χ0) is 20.4. The average molecular weight is 377 g/mol. The predicted molar refractivity (Wildman–Crippen MR) is 95.8 cm³/mol. The number of methoxy groups -OCH3 is 2. The quantitative estimate of drug-likeness (QED) is 0.247. The molecule has 8 nitrogen and oxygen atoms in total. The van der Waals surface area contributed by atoms with Crippen LogP contribution in [0.4, 0.5) is 5.69 Å². The van der Waals surface area contributed by atoms with Crippen molar-refractivity contribution in [1.82, 2.24) is 0 Å². The largest absolute Gasteiger partial charge is 0.468 e. The van der Waals surface area contributed by atoms with E-state index in [9.17, 15) is 19.7 Å². The highest BCUT2D eigenvalue weighted by Crippen LogP contribution is 2.54. The average Bonchev–Trinajstić information content (AvgIpc) is 2.93. The highest BCUT2D eigenvalue weighted by atomic mass is 16.6. The molecule has 0 bridgehead atoms. The minimum absolute atomic E-state index is 0.115. The number of rotatable bonds is 6. The maximum Gasteiger partial charge on any atom is 0.330 e. The Kier molecular flexibility index (Phi) is 6.00. The maximum atomic E-state index is 12.8. The molecule has 0 spiro atoms. The Hall–Kier alpha value is -2.74. The maximum absolute atomic E-state index is 12.8. The summed E-state index contributed by atoms with van der Waals surface area (Å²) >= 11 is 0. The van der Waals surface area contributed by atoms with Crippen LogP contribution < -0.4 is 0 Å². The number of nitro groups is 1. The molecule has 2 atom stereocenters. The summed E-state index contributed by atoms with van der Waals surface area (Å²) < 4.78 is 15.9. The number of carbonyl (C=O) groups is 2. The molecule has 0 N–H and O–H groups in total. The van der Waals surface area contributed by atoms with Gasteiger partial charge in [0.1, 0.15) is 6.10 Å². The van der Waals surface area contributed by atoms with Crippen LogP contribution in [0, 0.1) is 21.4 Å². The molecule has 8 heteroatoms. The first-order valence-electron chi connectivity index (χ1n) is 8.46. The predicted octanol–water partition coefficient (Wildman–Crippen LogP) is 2.97. The summed E-state index contributed by atoms with van der Waals surface area (Å²) in [6.07, 6.45) is -1.09. The Morgan fingerprint density at radius 2 is 1.74 bits per heavy atom. The summed E-state index contributed by atoms with van der Waals surface area (Å²) in [6.45, 7) is 7.93. The molecule has 1 heterocycles. The first kappa shape index (κ1) is 20.6. The molecular weight excluding hydrogens is 354 g/mol. The van der Waals surface area contributed by atoms with Crippen LogP contribution in [0.15, 0.2) is 36.4 Å². The monoisotopic (exact) mass is 377 g/mol. The number of esters is 2. The van der Waals surface area contributed by atoms with Gasteiger partial charge in [0.05, 0.1) is 25.2 Å². The van der Waals surface area contributed by atoms with Gasteiger partial charge < -0.3 is 14.2 Å². The van der Waals surface area contributed by atoms with E-state index in [4.69, 9.17) is 14.2 Å². The van der Waals surface area contributed by atoms with Crippen molar-refractivity contribution in [2.75, 3.05) is 14.2 Å². The Bertz CT molecular complexity index is 738. The highest BCUT2D eigenvalue weighted by molar-refractivity contribution is 6.05. The third-order valence-corrected chi connectivity index (χ3v) is 4.70. The summed E-state index contributed by atoms with van der Waals surface area (Å²) in [6, 6.07) is 5.48. The lowest BCUT2D eigenvalue weighted by Gasteiger charge is -2.29. The fourth-order valence-corrected chi connectivity index (χ4v) is 3.38. The summed E-state index contributed by atoms with van der Waals surface area (Å²) in [7, 11) is 2.34.